The molecule has 4 aliphatic heterocycles. The molecule has 328 valence electrons. The zero-order chi connectivity index (χ0) is 42.7. The highest BCUT2D eigenvalue weighted by Crippen LogP contribution is 2.51. The molecule has 0 spiro atoms. The summed E-state index contributed by atoms with van der Waals surface area (Å²) in [5.41, 5.74) is 9.43. The molecule has 4 aromatic rings. The Morgan fingerprint density at radius 1 is 0.645 bits per heavy atom. The maximum absolute atomic E-state index is 14.2. The van der Waals surface area contributed by atoms with E-state index in [-0.39, 0.29) is 78.9 Å². The van der Waals surface area contributed by atoms with Gasteiger partial charge in [-0.25, -0.2) is 8.78 Å². The second-order valence-electron chi connectivity index (χ2n) is 17.6. The molecular weight excluding hydrogens is 795 g/mol. The average Bonchev–Trinajstić information content (AvgIpc) is 3.81. The van der Waals surface area contributed by atoms with Gasteiger partial charge in [-0.05, 0) is 101 Å². The van der Waals surface area contributed by atoms with E-state index in [1.54, 1.807) is 18.2 Å². The number of aliphatic carboxylic acids is 1. The maximum atomic E-state index is 14.2. The number of hydrogen-bond donors (Lipinski definition) is 1. The zero-order valence-corrected chi connectivity index (χ0v) is 35.3. The van der Waals surface area contributed by atoms with Gasteiger partial charge in [0.25, 0.3) is 0 Å². The SMILES string of the molecule is CCOC(=O)CC1CN(C[C@H]2C[C@@H]3c4ccccc4Cc4ccc(F)cc4[C@@H]3O2)CCO1.O=C(O)CC1CN(C[C@H]2C[C@@H]3c4ccccc4Cc4ccc(F)cc4[C@@H]3O2)CCO1. The van der Waals surface area contributed by atoms with Gasteiger partial charge in [0.2, 0.25) is 0 Å². The average molecular weight is 851 g/mol. The van der Waals surface area contributed by atoms with Crippen molar-refractivity contribution in [2.75, 3.05) is 59.1 Å². The molecule has 0 amide bonds. The molecule has 2 aliphatic carbocycles. The van der Waals surface area contributed by atoms with Crippen molar-refractivity contribution < 1.29 is 47.2 Å². The molecule has 10 rings (SSSR count). The number of nitrogens with zero attached hydrogens (tertiary/aromatic N) is 2. The topological polar surface area (TPSA) is 107 Å². The predicted molar refractivity (Wildman–Crippen MR) is 227 cm³/mol. The Balaban J connectivity index is 0.000000158. The second-order valence-corrected chi connectivity index (χ2v) is 17.6. The molecule has 4 aromatic carbocycles. The van der Waals surface area contributed by atoms with Crippen LogP contribution in [0.5, 0.6) is 0 Å². The van der Waals surface area contributed by atoms with Crippen molar-refractivity contribution in [2.45, 2.75) is 93.9 Å². The monoisotopic (exact) mass is 850 g/mol. The summed E-state index contributed by atoms with van der Waals surface area (Å²) in [5.74, 6) is -1.07. The number of carbonyl (C=O) groups is 2. The first-order valence-electron chi connectivity index (χ1n) is 22.3. The van der Waals surface area contributed by atoms with Crippen LogP contribution < -0.4 is 0 Å². The summed E-state index contributed by atoms with van der Waals surface area (Å²) in [5, 5.41) is 9.06. The van der Waals surface area contributed by atoms with Crippen LogP contribution in [0.25, 0.3) is 0 Å². The van der Waals surface area contributed by atoms with Crippen LogP contribution in [0.3, 0.4) is 0 Å². The summed E-state index contributed by atoms with van der Waals surface area (Å²) in [6, 6.07) is 27.2. The molecule has 4 fully saturated rings. The third-order valence-corrected chi connectivity index (χ3v) is 13.4. The lowest BCUT2D eigenvalue weighted by molar-refractivity contribution is -0.148. The number of carboxylic acid groups (broad SMARTS) is 1. The minimum atomic E-state index is -0.837. The molecule has 1 N–H and O–H groups in total. The highest BCUT2D eigenvalue weighted by Gasteiger charge is 2.43. The first-order valence-corrected chi connectivity index (χ1v) is 22.3. The van der Waals surface area contributed by atoms with E-state index in [0.717, 1.165) is 74.1 Å². The van der Waals surface area contributed by atoms with E-state index in [1.165, 1.54) is 28.3 Å². The number of fused-ring (bicyclic) bond motifs is 10. The Morgan fingerprint density at radius 2 is 1.11 bits per heavy atom. The van der Waals surface area contributed by atoms with Gasteiger partial charge in [0.05, 0.1) is 69.3 Å². The van der Waals surface area contributed by atoms with Gasteiger partial charge >= 0.3 is 11.9 Å². The Morgan fingerprint density at radius 3 is 1.60 bits per heavy atom. The first kappa shape index (κ1) is 42.7. The van der Waals surface area contributed by atoms with Crippen molar-refractivity contribution in [1.29, 1.82) is 0 Å². The summed E-state index contributed by atoms with van der Waals surface area (Å²) >= 11 is 0. The Hall–Kier alpha value is -4.56. The van der Waals surface area contributed by atoms with Crippen molar-refractivity contribution in [3.63, 3.8) is 0 Å². The van der Waals surface area contributed by atoms with Gasteiger partial charge in [-0.15, -0.1) is 0 Å². The normalized spacial score (nSPS) is 27.7. The van der Waals surface area contributed by atoms with Crippen LogP contribution in [0.2, 0.25) is 0 Å². The maximum Gasteiger partial charge on any atom is 0.308 e. The summed E-state index contributed by atoms with van der Waals surface area (Å²) in [6.45, 7) is 7.73. The van der Waals surface area contributed by atoms with E-state index < -0.39 is 5.97 Å². The van der Waals surface area contributed by atoms with Crippen molar-refractivity contribution in [3.8, 4) is 0 Å². The predicted octanol–water partition coefficient (Wildman–Crippen LogP) is 7.52. The van der Waals surface area contributed by atoms with Crippen molar-refractivity contribution >= 4 is 11.9 Å². The number of benzene rings is 4. The lowest BCUT2D eigenvalue weighted by atomic mass is 9.87. The van der Waals surface area contributed by atoms with E-state index in [1.807, 2.05) is 19.1 Å². The lowest BCUT2D eigenvalue weighted by Gasteiger charge is -2.34. The molecule has 2 unspecified atom stereocenters. The van der Waals surface area contributed by atoms with Crippen LogP contribution in [-0.4, -0.2) is 110 Å². The smallest absolute Gasteiger partial charge is 0.308 e. The second kappa shape index (κ2) is 19.0. The molecule has 8 atom stereocenters. The van der Waals surface area contributed by atoms with E-state index in [9.17, 15) is 18.4 Å². The Labute approximate surface area is 362 Å². The number of hydrogen-bond acceptors (Lipinski definition) is 9. The number of carboxylic acids is 1. The third kappa shape index (κ3) is 9.66. The molecule has 6 aliphatic rings. The van der Waals surface area contributed by atoms with Crippen LogP contribution in [0.4, 0.5) is 8.78 Å². The Bertz CT molecular complexity index is 2240. The van der Waals surface area contributed by atoms with Gasteiger partial charge in [0.15, 0.2) is 0 Å². The van der Waals surface area contributed by atoms with Gasteiger partial charge in [0, 0.05) is 51.1 Å². The Kier molecular flexibility index (Phi) is 13.1. The molecule has 12 heteroatoms. The molecular formula is C50H56F2N2O8. The summed E-state index contributed by atoms with van der Waals surface area (Å²) < 4.78 is 57.9. The number of ether oxygens (including phenoxy) is 5. The number of esters is 1. The molecule has 0 aromatic heterocycles. The van der Waals surface area contributed by atoms with Gasteiger partial charge in [0.1, 0.15) is 11.6 Å². The lowest BCUT2D eigenvalue weighted by Crippen LogP contribution is -2.46. The largest absolute Gasteiger partial charge is 0.481 e. The van der Waals surface area contributed by atoms with Gasteiger partial charge < -0.3 is 28.8 Å². The fourth-order valence-electron chi connectivity index (χ4n) is 10.7. The van der Waals surface area contributed by atoms with Crippen LogP contribution >= 0.6 is 0 Å². The molecule has 62 heavy (non-hydrogen) atoms. The van der Waals surface area contributed by atoms with E-state index in [0.29, 0.717) is 32.9 Å². The fraction of sp³-hybridized carbons (Fsp3) is 0.480. The summed E-state index contributed by atoms with van der Waals surface area (Å²) in [7, 11) is 0. The number of rotatable bonds is 9. The van der Waals surface area contributed by atoms with Crippen molar-refractivity contribution in [3.05, 3.63) is 141 Å². The molecule has 0 bridgehead atoms. The van der Waals surface area contributed by atoms with Gasteiger partial charge in [-0.3, -0.25) is 19.4 Å². The molecule has 4 saturated heterocycles. The molecule has 4 heterocycles. The zero-order valence-electron chi connectivity index (χ0n) is 35.3. The van der Waals surface area contributed by atoms with Crippen LogP contribution in [0.1, 0.15) is 101 Å². The fourth-order valence-corrected chi connectivity index (χ4v) is 10.7. The van der Waals surface area contributed by atoms with Crippen LogP contribution in [-0.2, 0) is 46.1 Å². The first-order chi connectivity index (χ1) is 30.2. The highest BCUT2D eigenvalue weighted by molar-refractivity contribution is 5.70. The van der Waals surface area contributed by atoms with Crippen molar-refractivity contribution in [1.82, 2.24) is 9.80 Å². The van der Waals surface area contributed by atoms with Crippen LogP contribution in [0.15, 0.2) is 84.9 Å². The van der Waals surface area contributed by atoms with E-state index in [2.05, 4.69) is 58.3 Å². The number of carbonyl (C=O) groups excluding carboxylic acids is 1. The van der Waals surface area contributed by atoms with Crippen LogP contribution in [0, 0.1) is 11.6 Å². The highest BCUT2D eigenvalue weighted by atomic mass is 19.1. The third-order valence-electron chi connectivity index (χ3n) is 13.4. The van der Waals surface area contributed by atoms with E-state index in [4.69, 9.17) is 28.8 Å². The molecule has 10 nitrogen and oxygen atoms in total. The summed E-state index contributed by atoms with van der Waals surface area (Å²) in [6.07, 6.45) is 3.04. The van der Waals surface area contributed by atoms with E-state index >= 15 is 0 Å². The minimum absolute atomic E-state index is 0.0193. The van der Waals surface area contributed by atoms with Crippen molar-refractivity contribution in [2.24, 2.45) is 0 Å². The van der Waals surface area contributed by atoms with Gasteiger partial charge in [-0.2, -0.15) is 0 Å². The number of halogens is 2. The number of morpholine rings is 2. The molecule has 0 radical (unpaired) electrons. The molecule has 0 saturated carbocycles. The summed E-state index contributed by atoms with van der Waals surface area (Å²) in [4.78, 5) is 27.4. The standard InChI is InChI=1S/C26H30FNO4.C24H26FNO4/c1-2-30-25(29)14-20-15-28(9-10-31-20)16-21-13-24-22-6-4-3-5-17(22)11-18-7-8-19(27)12-23(18)26(24)32-21;25-17-6-5-16-9-15-3-1-2-4-20(15)22-11-19(30-24(22)21(16)10-17)14-26-7-8-29-18(13-26)12-23(27)28/h3-8,12,20-21,24,26H,2,9-11,13-16H2,1H3;1-6,10,18-19,22,24H,7-9,11-14H2,(H,27,28)/t20?,21-,24-,26+;18?,19-,22-,24+/m11/s1. The van der Waals surface area contributed by atoms with Gasteiger partial charge in [-0.1, -0.05) is 60.7 Å². The quantitative estimate of drug-likeness (QED) is 0.170. The minimum Gasteiger partial charge on any atom is -0.481 e.